The molecule has 1 spiro atoms. The molecule has 192 valence electrons. The summed E-state index contributed by atoms with van der Waals surface area (Å²) in [7, 11) is 1.59. The van der Waals surface area contributed by atoms with E-state index in [-0.39, 0.29) is 17.2 Å². The molecule has 10 heteroatoms. The van der Waals surface area contributed by atoms with Gasteiger partial charge in [-0.2, -0.15) is 0 Å². The zero-order valence-corrected chi connectivity index (χ0v) is 20.7. The first-order chi connectivity index (χ1) is 18.0. The number of aromatic nitrogens is 3. The van der Waals surface area contributed by atoms with Crippen LogP contribution in [-0.2, 0) is 14.9 Å². The number of rotatable bonds is 8. The largest absolute Gasteiger partial charge is 0.489 e. The number of piperidine rings is 1. The lowest BCUT2D eigenvalue weighted by atomic mass is 9.74. The summed E-state index contributed by atoms with van der Waals surface area (Å²) >= 11 is 0. The Balaban J connectivity index is 1.48. The van der Waals surface area contributed by atoms with Crippen LogP contribution in [0.25, 0.3) is 22.8 Å². The van der Waals surface area contributed by atoms with Gasteiger partial charge in [0.25, 0.3) is 5.91 Å². The van der Waals surface area contributed by atoms with Gasteiger partial charge in [-0.15, -0.1) is 0 Å². The highest BCUT2D eigenvalue weighted by molar-refractivity contribution is 6.00. The van der Waals surface area contributed by atoms with Crippen LogP contribution in [0.4, 0.5) is 5.69 Å². The molecule has 2 aromatic heterocycles. The predicted molar refractivity (Wildman–Crippen MR) is 140 cm³/mol. The summed E-state index contributed by atoms with van der Waals surface area (Å²) in [5, 5.41) is 9.31. The number of nitrogens with zero attached hydrogens (tertiary/aromatic N) is 2. The SMILES string of the molecule is C=CC(=O)Nc1cc(-c2nccc(-c3cc4c([nH]3)C3(CCCNC3)CNC4=O)n2)ccc1OCCOC. The number of nitrogens with one attached hydrogen (secondary N) is 4. The van der Waals surface area contributed by atoms with Gasteiger partial charge in [-0.1, -0.05) is 6.58 Å². The van der Waals surface area contributed by atoms with Gasteiger partial charge in [-0.3, -0.25) is 9.59 Å². The van der Waals surface area contributed by atoms with E-state index in [0.717, 1.165) is 37.3 Å². The first-order valence-electron chi connectivity index (χ1n) is 12.3. The standard InChI is InChI=1S/C27H30N6O4/c1-3-23(34)31-21-13-17(5-6-22(21)37-12-11-36-2)25-29-10-7-19(33-25)20-14-18-24(32-20)27(16-30-26(18)35)8-4-9-28-15-27/h3,5-7,10,13-14,28,32H,1,4,8-9,11-12,15-16H2,2H3,(H,30,35)(H,31,34). The van der Waals surface area contributed by atoms with Crippen LogP contribution in [0.5, 0.6) is 5.75 Å². The fourth-order valence-electron chi connectivity index (χ4n) is 4.91. The second-order valence-electron chi connectivity index (χ2n) is 9.23. The molecule has 4 heterocycles. The minimum absolute atomic E-state index is 0.0744. The highest BCUT2D eigenvalue weighted by Gasteiger charge is 2.42. The number of H-pyrrole nitrogens is 1. The average Bonchev–Trinajstić information content (AvgIpc) is 3.40. The van der Waals surface area contributed by atoms with E-state index in [4.69, 9.17) is 14.5 Å². The first-order valence-corrected chi connectivity index (χ1v) is 12.3. The molecular formula is C27H30N6O4. The maximum atomic E-state index is 12.7. The molecule has 0 aliphatic carbocycles. The number of hydrogen-bond donors (Lipinski definition) is 4. The third kappa shape index (κ3) is 4.98. The molecule has 0 radical (unpaired) electrons. The molecule has 10 nitrogen and oxygen atoms in total. The van der Waals surface area contributed by atoms with Crippen molar-refractivity contribution in [3.63, 3.8) is 0 Å². The van der Waals surface area contributed by atoms with Crippen molar-refractivity contribution in [3.8, 4) is 28.5 Å². The van der Waals surface area contributed by atoms with Crippen LogP contribution in [0.15, 0.2) is 49.2 Å². The van der Waals surface area contributed by atoms with E-state index in [1.807, 2.05) is 18.2 Å². The molecule has 3 aromatic rings. The molecule has 37 heavy (non-hydrogen) atoms. The molecule has 4 N–H and O–H groups in total. The molecule has 1 aromatic carbocycles. The van der Waals surface area contributed by atoms with Crippen LogP contribution in [0.3, 0.4) is 0 Å². The summed E-state index contributed by atoms with van der Waals surface area (Å²) in [4.78, 5) is 37.4. The summed E-state index contributed by atoms with van der Waals surface area (Å²) in [6.45, 7) is 6.67. The topological polar surface area (TPSA) is 130 Å². The number of ether oxygens (including phenoxy) is 2. The average molecular weight is 503 g/mol. The zero-order chi connectivity index (χ0) is 25.8. The molecule has 5 rings (SSSR count). The number of methoxy groups -OCH3 is 1. The summed E-state index contributed by atoms with van der Waals surface area (Å²) in [5.41, 5.74) is 4.09. The zero-order valence-electron chi connectivity index (χ0n) is 20.7. The van der Waals surface area contributed by atoms with Crippen LogP contribution >= 0.6 is 0 Å². The van der Waals surface area contributed by atoms with Gasteiger partial charge in [0.1, 0.15) is 12.4 Å². The van der Waals surface area contributed by atoms with E-state index in [9.17, 15) is 9.59 Å². The van der Waals surface area contributed by atoms with Crippen molar-refractivity contribution in [1.29, 1.82) is 0 Å². The van der Waals surface area contributed by atoms with Gasteiger partial charge in [0.15, 0.2) is 5.82 Å². The Morgan fingerprint density at radius 3 is 2.92 bits per heavy atom. The Bertz CT molecular complexity index is 1330. The second kappa shape index (κ2) is 10.5. The smallest absolute Gasteiger partial charge is 0.253 e. The molecule has 1 fully saturated rings. The predicted octanol–water partition coefficient (Wildman–Crippen LogP) is 2.65. The number of aromatic amines is 1. The molecule has 2 aliphatic rings. The number of fused-ring (bicyclic) bond motifs is 2. The Kier molecular flexibility index (Phi) is 7.02. The molecule has 1 saturated heterocycles. The fraction of sp³-hybridized carbons (Fsp3) is 0.333. The van der Waals surface area contributed by atoms with Crippen molar-refractivity contribution in [3.05, 3.63) is 60.4 Å². The van der Waals surface area contributed by atoms with E-state index in [0.29, 0.717) is 53.8 Å². The molecule has 2 amide bonds. The van der Waals surface area contributed by atoms with Crippen molar-refractivity contribution in [2.45, 2.75) is 18.3 Å². The van der Waals surface area contributed by atoms with Crippen molar-refractivity contribution in [2.75, 3.05) is 45.3 Å². The summed E-state index contributed by atoms with van der Waals surface area (Å²) in [5.74, 6) is 0.544. The Labute approximate surface area is 214 Å². The summed E-state index contributed by atoms with van der Waals surface area (Å²) in [6, 6.07) is 9.04. The lowest BCUT2D eigenvalue weighted by Gasteiger charge is -2.40. The van der Waals surface area contributed by atoms with Crippen molar-refractivity contribution < 1.29 is 19.1 Å². The van der Waals surface area contributed by atoms with Gasteiger partial charge >= 0.3 is 0 Å². The van der Waals surface area contributed by atoms with Crippen molar-refractivity contribution >= 4 is 17.5 Å². The molecule has 1 unspecified atom stereocenters. The van der Waals surface area contributed by atoms with Crippen molar-refractivity contribution in [1.82, 2.24) is 25.6 Å². The normalized spacial score (nSPS) is 18.7. The van der Waals surface area contributed by atoms with Crippen LogP contribution < -0.4 is 20.7 Å². The number of benzene rings is 1. The first kappa shape index (κ1) is 24.7. The molecule has 0 bridgehead atoms. The van der Waals surface area contributed by atoms with Gasteiger partial charge in [-0.05, 0) is 55.8 Å². The number of carbonyl (C=O) groups is 2. The molecular weight excluding hydrogens is 472 g/mol. The number of hydrogen-bond acceptors (Lipinski definition) is 7. The van der Waals surface area contributed by atoms with E-state index >= 15 is 0 Å². The second-order valence-corrected chi connectivity index (χ2v) is 9.23. The molecule has 1 atom stereocenters. The maximum absolute atomic E-state index is 12.7. The van der Waals surface area contributed by atoms with E-state index in [1.54, 1.807) is 25.4 Å². The summed E-state index contributed by atoms with van der Waals surface area (Å²) < 4.78 is 10.8. The fourth-order valence-corrected chi connectivity index (χ4v) is 4.91. The van der Waals surface area contributed by atoms with Gasteiger partial charge in [0, 0.05) is 43.1 Å². The van der Waals surface area contributed by atoms with Crippen LogP contribution in [0, 0.1) is 0 Å². The third-order valence-corrected chi connectivity index (χ3v) is 6.81. The minimum atomic E-state index is -0.357. The number of anilines is 1. The van der Waals surface area contributed by atoms with Crippen LogP contribution in [0.2, 0.25) is 0 Å². The Hall–Kier alpha value is -4.02. The van der Waals surface area contributed by atoms with Crippen LogP contribution in [-0.4, -0.2) is 66.7 Å². The quantitative estimate of drug-likeness (QED) is 0.275. The van der Waals surface area contributed by atoms with Crippen LogP contribution in [0.1, 0.15) is 28.9 Å². The molecule has 0 saturated carbocycles. The maximum Gasteiger partial charge on any atom is 0.253 e. The Morgan fingerprint density at radius 2 is 2.14 bits per heavy atom. The van der Waals surface area contributed by atoms with Crippen molar-refractivity contribution in [2.24, 2.45) is 0 Å². The monoisotopic (exact) mass is 502 g/mol. The molecule has 2 aliphatic heterocycles. The van der Waals surface area contributed by atoms with E-state index < -0.39 is 0 Å². The third-order valence-electron chi connectivity index (χ3n) is 6.81. The number of amides is 2. The highest BCUT2D eigenvalue weighted by atomic mass is 16.5. The van der Waals surface area contributed by atoms with Gasteiger partial charge in [0.05, 0.1) is 29.2 Å². The van der Waals surface area contributed by atoms with Gasteiger partial charge in [-0.25, -0.2) is 9.97 Å². The minimum Gasteiger partial charge on any atom is -0.489 e. The van der Waals surface area contributed by atoms with E-state index in [2.05, 4.69) is 32.5 Å². The van der Waals surface area contributed by atoms with E-state index in [1.165, 1.54) is 6.08 Å². The Morgan fingerprint density at radius 1 is 1.24 bits per heavy atom. The number of carbonyl (C=O) groups excluding carboxylic acids is 2. The lowest BCUT2D eigenvalue weighted by Crippen LogP contribution is -2.54. The van der Waals surface area contributed by atoms with Gasteiger partial charge in [0.2, 0.25) is 5.91 Å². The lowest BCUT2D eigenvalue weighted by molar-refractivity contribution is -0.111. The van der Waals surface area contributed by atoms with Gasteiger partial charge < -0.3 is 30.4 Å². The summed E-state index contributed by atoms with van der Waals surface area (Å²) in [6.07, 6.45) is 4.93. The highest BCUT2D eigenvalue weighted by Crippen LogP contribution is 2.37.